The van der Waals surface area contributed by atoms with Gasteiger partial charge in [0.25, 0.3) is 0 Å². The number of anilines is 1. The van der Waals surface area contributed by atoms with E-state index in [1.54, 1.807) is 0 Å². The van der Waals surface area contributed by atoms with E-state index >= 15 is 0 Å². The van der Waals surface area contributed by atoms with Crippen molar-refractivity contribution in [2.75, 3.05) is 5.09 Å². The minimum absolute atomic E-state index is 0.878. The largest absolute Gasteiger partial charge is 0.355 e. The van der Waals surface area contributed by atoms with Gasteiger partial charge in [0.15, 0.2) is 0 Å². The van der Waals surface area contributed by atoms with Crippen LogP contribution >= 0.6 is 9.39 Å². The van der Waals surface area contributed by atoms with Crippen LogP contribution in [0.2, 0.25) is 0 Å². The SMILES string of the molecule is Cc1ccc2cnc(NP)cc2c1. The molecular formula is C10H11N2P. The lowest BCUT2D eigenvalue weighted by atomic mass is 10.1. The predicted molar refractivity (Wildman–Crippen MR) is 59.8 cm³/mol. The number of nitrogens with zero attached hydrogens (tertiary/aromatic N) is 1. The predicted octanol–water partition coefficient (Wildman–Crippen LogP) is 2.75. The first-order valence-corrected chi connectivity index (χ1v) is 4.70. The fourth-order valence-electron chi connectivity index (χ4n) is 1.34. The Morgan fingerprint density at radius 3 is 2.85 bits per heavy atom. The Hall–Kier alpha value is -1.14. The second-order valence-corrected chi connectivity index (χ2v) is 3.35. The van der Waals surface area contributed by atoms with Crippen LogP contribution in [0.25, 0.3) is 10.8 Å². The van der Waals surface area contributed by atoms with Crippen LogP contribution < -0.4 is 5.09 Å². The molecular weight excluding hydrogens is 179 g/mol. The van der Waals surface area contributed by atoms with Gasteiger partial charge in [-0.1, -0.05) is 23.8 Å². The van der Waals surface area contributed by atoms with Crippen molar-refractivity contribution >= 4 is 26.0 Å². The third kappa shape index (κ3) is 1.63. The van der Waals surface area contributed by atoms with Crippen molar-refractivity contribution in [2.45, 2.75) is 6.92 Å². The van der Waals surface area contributed by atoms with Crippen LogP contribution in [0.5, 0.6) is 0 Å². The summed E-state index contributed by atoms with van der Waals surface area (Å²) in [5, 5.41) is 5.34. The van der Waals surface area contributed by atoms with Gasteiger partial charge in [-0.3, -0.25) is 0 Å². The lowest BCUT2D eigenvalue weighted by molar-refractivity contribution is 1.36. The summed E-state index contributed by atoms with van der Waals surface area (Å²) < 4.78 is 0. The van der Waals surface area contributed by atoms with Crippen LogP contribution in [-0.4, -0.2) is 4.98 Å². The summed E-state index contributed by atoms with van der Waals surface area (Å²) >= 11 is 0. The highest BCUT2D eigenvalue weighted by molar-refractivity contribution is 7.18. The van der Waals surface area contributed by atoms with Gasteiger partial charge < -0.3 is 5.09 Å². The zero-order valence-corrected chi connectivity index (χ0v) is 8.57. The van der Waals surface area contributed by atoms with E-state index in [4.69, 9.17) is 0 Å². The molecule has 1 aromatic carbocycles. The van der Waals surface area contributed by atoms with Crippen LogP contribution in [0.4, 0.5) is 5.82 Å². The van der Waals surface area contributed by atoms with Gasteiger partial charge in [-0.2, -0.15) is 0 Å². The van der Waals surface area contributed by atoms with Crippen molar-refractivity contribution in [1.29, 1.82) is 0 Å². The van der Waals surface area contributed by atoms with Gasteiger partial charge in [0.2, 0.25) is 0 Å². The van der Waals surface area contributed by atoms with Crippen LogP contribution in [0.3, 0.4) is 0 Å². The molecule has 0 radical (unpaired) electrons. The van der Waals surface area contributed by atoms with E-state index < -0.39 is 0 Å². The monoisotopic (exact) mass is 190 g/mol. The molecule has 1 heterocycles. The van der Waals surface area contributed by atoms with Crippen molar-refractivity contribution in [3.63, 3.8) is 0 Å². The molecule has 2 aromatic rings. The number of hydrogen-bond donors (Lipinski definition) is 1. The second-order valence-electron chi connectivity index (χ2n) is 3.06. The molecule has 13 heavy (non-hydrogen) atoms. The highest BCUT2D eigenvalue weighted by Crippen LogP contribution is 2.18. The fraction of sp³-hybridized carbons (Fsp3) is 0.100. The molecule has 0 aliphatic rings. The molecule has 1 N–H and O–H groups in total. The summed E-state index contributed by atoms with van der Waals surface area (Å²) in [7, 11) is 2.44. The van der Waals surface area contributed by atoms with Crippen molar-refractivity contribution in [3.8, 4) is 0 Å². The number of aryl methyl sites for hydroxylation is 1. The Morgan fingerprint density at radius 1 is 1.23 bits per heavy atom. The molecule has 0 amide bonds. The van der Waals surface area contributed by atoms with Crippen LogP contribution in [-0.2, 0) is 0 Å². The average molecular weight is 190 g/mol. The molecule has 0 bridgehead atoms. The van der Waals surface area contributed by atoms with E-state index in [0.29, 0.717) is 0 Å². The number of aromatic nitrogens is 1. The summed E-state index contributed by atoms with van der Waals surface area (Å²) in [6.45, 7) is 2.09. The third-order valence-electron chi connectivity index (χ3n) is 2.03. The second kappa shape index (κ2) is 3.31. The topological polar surface area (TPSA) is 24.9 Å². The van der Waals surface area contributed by atoms with E-state index in [2.05, 4.69) is 44.6 Å². The molecule has 3 heteroatoms. The van der Waals surface area contributed by atoms with E-state index in [0.717, 1.165) is 5.82 Å². The first kappa shape index (κ1) is 8.46. The highest BCUT2D eigenvalue weighted by atomic mass is 31.0. The fourth-order valence-corrected chi connectivity index (χ4v) is 1.50. The Balaban J connectivity index is 2.68. The van der Waals surface area contributed by atoms with Crippen LogP contribution in [0.1, 0.15) is 5.56 Å². The van der Waals surface area contributed by atoms with Gasteiger partial charge in [-0.05, 0) is 27.8 Å². The third-order valence-corrected chi connectivity index (χ3v) is 2.32. The summed E-state index contributed by atoms with van der Waals surface area (Å²) in [5.41, 5.74) is 1.27. The van der Waals surface area contributed by atoms with E-state index in [9.17, 15) is 0 Å². The van der Waals surface area contributed by atoms with Gasteiger partial charge in [0, 0.05) is 11.6 Å². The van der Waals surface area contributed by atoms with E-state index in [1.165, 1.54) is 16.3 Å². The van der Waals surface area contributed by atoms with Crippen molar-refractivity contribution in [3.05, 3.63) is 36.0 Å². The molecule has 1 aromatic heterocycles. The van der Waals surface area contributed by atoms with Crippen molar-refractivity contribution in [1.82, 2.24) is 4.98 Å². The van der Waals surface area contributed by atoms with Gasteiger partial charge in [0.05, 0.1) is 0 Å². The lowest BCUT2D eigenvalue weighted by Crippen LogP contribution is -1.85. The molecule has 66 valence electrons. The first-order chi connectivity index (χ1) is 6.29. The quantitative estimate of drug-likeness (QED) is 0.699. The summed E-state index contributed by atoms with van der Waals surface area (Å²) in [6, 6.07) is 8.37. The lowest BCUT2D eigenvalue weighted by Gasteiger charge is -2.02. The van der Waals surface area contributed by atoms with Gasteiger partial charge in [0.1, 0.15) is 5.82 Å². The number of fused-ring (bicyclic) bond motifs is 1. The molecule has 2 nitrogen and oxygen atoms in total. The Labute approximate surface area is 79.6 Å². The zero-order valence-electron chi connectivity index (χ0n) is 7.41. The minimum atomic E-state index is 0.878. The summed E-state index contributed by atoms with van der Waals surface area (Å²) in [4.78, 5) is 4.22. The van der Waals surface area contributed by atoms with Crippen molar-refractivity contribution in [2.24, 2.45) is 0 Å². The molecule has 0 saturated heterocycles. The standard InChI is InChI=1S/C10H11N2P/c1-7-2-3-8-6-11-10(12-13)5-9(8)4-7/h2-6H,13H2,1H3,(H,11,12). The number of benzene rings is 1. The Kier molecular flexibility index (Phi) is 2.15. The number of rotatable bonds is 1. The normalized spacial score (nSPS) is 10.3. The molecule has 1 unspecified atom stereocenters. The maximum atomic E-state index is 4.22. The molecule has 0 spiro atoms. The van der Waals surface area contributed by atoms with Crippen LogP contribution in [0.15, 0.2) is 30.5 Å². The summed E-state index contributed by atoms with van der Waals surface area (Å²) in [5.74, 6) is 0.878. The van der Waals surface area contributed by atoms with Gasteiger partial charge >= 0.3 is 0 Å². The number of pyridine rings is 1. The Morgan fingerprint density at radius 2 is 2.08 bits per heavy atom. The molecule has 0 aliphatic carbocycles. The van der Waals surface area contributed by atoms with Gasteiger partial charge in [-0.25, -0.2) is 4.98 Å². The first-order valence-electron chi connectivity index (χ1n) is 4.12. The molecule has 0 aliphatic heterocycles. The van der Waals surface area contributed by atoms with Crippen LogP contribution in [0, 0.1) is 6.92 Å². The maximum Gasteiger partial charge on any atom is 0.129 e. The number of hydrogen-bond acceptors (Lipinski definition) is 2. The smallest absolute Gasteiger partial charge is 0.129 e. The van der Waals surface area contributed by atoms with E-state index in [1.807, 2.05) is 12.3 Å². The van der Waals surface area contributed by atoms with Crippen molar-refractivity contribution < 1.29 is 0 Å². The zero-order chi connectivity index (χ0) is 9.26. The Bertz CT molecular complexity index is 440. The minimum Gasteiger partial charge on any atom is -0.355 e. The average Bonchev–Trinajstić information content (AvgIpc) is 2.16. The molecule has 2 rings (SSSR count). The van der Waals surface area contributed by atoms with E-state index in [-0.39, 0.29) is 0 Å². The maximum absolute atomic E-state index is 4.22. The highest BCUT2D eigenvalue weighted by Gasteiger charge is 1.95. The molecule has 1 atom stereocenters. The summed E-state index contributed by atoms with van der Waals surface area (Å²) in [6.07, 6.45) is 1.88. The van der Waals surface area contributed by atoms with Gasteiger partial charge in [-0.15, -0.1) is 0 Å². The molecule has 0 saturated carbocycles. The number of nitrogens with one attached hydrogen (secondary N) is 1. The molecule has 0 fully saturated rings.